The number of carboxylic acids is 1. The lowest BCUT2D eigenvalue weighted by molar-refractivity contribution is -0.136. The molecule has 17 heavy (non-hydrogen) atoms. The summed E-state index contributed by atoms with van der Waals surface area (Å²) in [6.07, 6.45) is 1.68. The highest BCUT2D eigenvalue weighted by atomic mass is 79.9. The predicted octanol–water partition coefficient (Wildman–Crippen LogP) is 2.48. The molecule has 1 aromatic carbocycles. The number of hydrogen-bond donors (Lipinski definition) is 1. The van der Waals surface area contributed by atoms with Crippen LogP contribution in [-0.2, 0) is 18.3 Å². The van der Waals surface area contributed by atoms with Crippen LogP contribution >= 0.6 is 15.9 Å². The van der Waals surface area contributed by atoms with E-state index < -0.39 is 5.97 Å². The third kappa shape index (κ3) is 2.55. The fourth-order valence-corrected chi connectivity index (χ4v) is 2.12. The van der Waals surface area contributed by atoms with Crippen LogP contribution in [0.3, 0.4) is 0 Å². The van der Waals surface area contributed by atoms with Gasteiger partial charge in [-0.15, -0.1) is 0 Å². The average Bonchev–Trinajstić information content (AvgIpc) is 2.59. The zero-order valence-corrected chi connectivity index (χ0v) is 10.8. The van der Waals surface area contributed by atoms with E-state index in [2.05, 4.69) is 20.9 Å². The van der Waals surface area contributed by atoms with Gasteiger partial charge in [0.1, 0.15) is 5.82 Å². The van der Waals surface area contributed by atoms with E-state index >= 15 is 0 Å². The molecule has 0 aliphatic rings. The molecule has 0 unspecified atom stereocenters. The van der Waals surface area contributed by atoms with Gasteiger partial charge in [0.2, 0.25) is 0 Å². The topological polar surface area (TPSA) is 55.1 Å². The van der Waals surface area contributed by atoms with E-state index in [-0.39, 0.29) is 6.42 Å². The molecule has 0 saturated heterocycles. The Kier molecular flexibility index (Phi) is 3.28. The van der Waals surface area contributed by atoms with Crippen molar-refractivity contribution in [1.29, 1.82) is 0 Å². The molecule has 0 aliphatic heterocycles. The normalized spacial score (nSPS) is 10.5. The number of benzene rings is 1. The molecule has 0 amide bonds. The summed E-state index contributed by atoms with van der Waals surface area (Å²) in [6.45, 7) is 0. The van der Waals surface area contributed by atoms with Gasteiger partial charge >= 0.3 is 5.97 Å². The molecule has 1 N–H and O–H groups in total. The van der Waals surface area contributed by atoms with Gasteiger partial charge in [-0.1, -0.05) is 34.1 Å². The average molecular weight is 295 g/mol. The van der Waals surface area contributed by atoms with E-state index in [0.29, 0.717) is 5.69 Å². The van der Waals surface area contributed by atoms with Crippen LogP contribution in [0.5, 0.6) is 0 Å². The number of rotatable bonds is 3. The highest BCUT2D eigenvalue weighted by molar-refractivity contribution is 9.10. The summed E-state index contributed by atoms with van der Waals surface area (Å²) in [5.41, 5.74) is 1.51. The maximum absolute atomic E-state index is 10.6. The molecule has 4 nitrogen and oxygen atoms in total. The fourth-order valence-electron chi connectivity index (χ4n) is 1.66. The molecule has 5 heteroatoms. The van der Waals surface area contributed by atoms with Crippen molar-refractivity contribution in [2.24, 2.45) is 7.05 Å². The number of imidazole rings is 1. The van der Waals surface area contributed by atoms with Gasteiger partial charge in [0.25, 0.3) is 0 Å². The first-order valence-electron chi connectivity index (χ1n) is 5.07. The van der Waals surface area contributed by atoms with Gasteiger partial charge in [-0.2, -0.15) is 0 Å². The Morgan fingerprint density at radius 1 is 1.47 bits per heavy atom. The van der Waals surface area contributed by atoms with E-state index in [9.17, 15) is 4.79 Å². The molecule has 0 spiro atoms. The fraction of sp³-hybridized carbons (Fsp3) is 0.167. The monoisotopic (exact) mass is 294 g/mol. The van der Waals surface area contributed by atoms with E-state index in [1.165, 1.54) is 0 Å². The minimum atomic E-state index is -0.873. The van der Waals surface area contributed by atoms with Crippen LogP contribution in [-0.4, -0.2) is 20.6 Å². The zero-order valence-electron chi connectivity index (χ0n) is 9.22. The third-order valence-corrected chi connectivity index (χ3v) is 3.06. The van der Waals surface area contributed by atoms with Crippen LogP contribution in [0.15, 0.2) is 34.9 Å². The smallest absolute Gasteiger partial charge is 0.309 e. The quantitative estimate of drug-likeness (QED) is 0.946. The van der Waals surface area contributed by atoms with Crippen molar-refractivity contribution in [1.82, 2.24) is 9.55 Å². The predicted molar refractivity (Wildman–Crippen MR) is 67.7 cm³/mol. The second-order valence-corrected chi connectivity index (χ2v) is 4.57. The molecule has 2 rings (SSSR count). The minimum absolute atomic E-state index is 0.0572. The molecule has 1 aromatic heterocycles. The first kappa shape index (κ1) is 11.9. The van der Waals surface area contributed by atoms with E-state index in [0.717, 1.165) is 15.9 Å². The van der Waals surface area contributed by atoms with Crippen LogP contribution in [0.4, 0.5) is 0 Å². The van der Waals surface area contributed by atoms with Gasteiger partial charge in [-0.3, -0.25) is 4.79 Å². The second-order valence-electron chi connectivity index (χ2n) is 3.72. The van der Waals surface area contributed by atoms with Gasteiger partial charge in [-0.25, -0.2) is 4.98 Å². The number of nitrogens with zero attached hydrogens (tertiary/aromatic N) is 2. The van der Waals surface area contributed by atoms with Crippen molar-refractivity contribution >= 4 is 21.9 Å². The van der Waals surface area contributed by atoms with Crippen LogP contribution in [0.1, 0.15) is 5.69 Å². The summed E-state index contributed by atoms with van der Waals surface area (Å²) in [7, 11) is 1.85. The Bertz CT molecular complexity index is 563. The second kappa shape index (κ2) is 4.71. The molecular weight excluding hydrogens is 284 g/mol. The highest BCUT2D eigenvalue weighted by Gasteiger charge is 2.12. The lowest BCUT2D eigenvalue weighted by atomic mass is 10.2. The summed E-state index contributed by atoms with van der Waals surface area (Å²) in [6, 6.07) is 7.72. The Morgan fingerprint density at radius 2 is 2.18 bits per heavy atom. The molecule has 0 aliphatic carbocycles. The minimum Gasteiger partial charge on any atom is -0.481 e. The standard InChI is InChI=1S/C12H11BrN2O2/c1-15-7-8(6-11(16)17)14-12(15)9-4-2-3-5-10(9)13/h2-5,7H,6H2,1H3,(H,16,17). The maximum Gasteiger partial charge on any atom is 0.309 e. The number of aryl methyl sites for hydroxylation is 1. The van der Waals surface area contributed by atoms with E-state index in [4.69, 9.17) is 5.11 Å². The molecular formula is C12H11BrN2O2. The van der Waals surface area contributed by atoms with Gasteiger partial charge in [0.15, 0.2) is 0 Å². The van der Waals surface area contributed by atoms with Gasteiger partial charge in [0.05, 0.1) is 12.1 Å². The number of halogens is 1. The summed E-state index contributed by atoms with van der Waals surface area (Å²) >= 11 is 3.46. The van der Waals surface area contributed by atoms with Crippen molar-refractivity contribution in [3.8, 4) is 11.4 Å². The van der Waals surface area contributed by atoms with Crippen molar-refractivity contribution in [2.45, 2.75) is 6.42 Å². The van der Waals surface area contributed by atoms with E-state index in [1.54, 1.807) is 6.20 Å². The zero-order chi connectivity index (χ0) is 12.4. The van der Waals surface area contributed by atoms with Crippen molar-refractivity contribution in [3.63, 3.8) is 0 Å². The lowest BCUT2D eigenvalue weighted by Gasteiger charge is -2.03. The van der Waals surface area contributed by atoms with Gasteiger partial charge in [0, 0.05) is 23.3 Å². The van der Waals surface area contributed by atoms with Gasteiger partial charge in [-0.05, 0) is 6.07 Å². The number of aliphatic carboxylic acids is 1. The van der Waals surface area contributed by atoms with Crippen molar-refractivity contribution in [3.05, 3.63) is 40.6 Å². The molecule has 0 saturated carbocycles. The number of aromatic nitrogens is 2. The summed E-state index contributed by atoms with van der Waals surface area (Å²) in [5.74, 6) is -0.115. The SMILES string of the molecule is Cn1cc(CC(=O)O)nc1-c1ccccc1Br. The molecule has 0 atom stereocenters. The summed E-state index contributed by atoms with van der Waals surface area (Å²) in [4.78, 5) is 15.0. The third-order valence-electron chi connectivity index (χ3n) is 2.37. The van der Waals surface area contributed by atoms with Gasteiger partial charge < -0.3 is 9.67 Å². The largest absolute Gasteiger partial charge is 0.481 e. The van der Waals surface area contributed by atoms with E-state index in [1.807, 2.05) is 35.9 Å². The Balaban J connectivity index is 2.43. The molecule has 0 fully saturated rings. The Hall–Kier alpha value is -1.62. The summed E-state index contributed by atoms with van der Waals surface area (Å²) in [5, 5.41) is 8.73. The lowest BCUT2D eigenvalue weighted by Crippen LogP contribution is -1.99. The summed E-state index contributed by atoms with van der Waals surface area (Å²) < 4.78 is 2.77. The van der Waals surface area contributed by atoms with Crippen LogP contribution in [0.2, 0.25) is 0 Å². The highest BCUT2D eigenvalue weighted by Crippen LogP contribution is 2.26. The van der Waals surface area contributed by atoms with Crippen LogP contribution in [0, 0.1) is 0 Å². The first-order valence-corrected chi connectivity index (χ1v) is 5.86. The molecule has 0 radical (unpaired) electrons. The van der Waals surface area contributed by atoms with Crippen LogP contribution in [0.25, 0.3) is 11.4 Å². The molecule has 0 bridgehead atoms. The van der Waals surface area contributed by atoms with Crippen LogP contribution < -0.4 is 0 Å². The number of hydrogen-bond acceptors (Lipinski definition) is 2. The molecule has 1 heterocycles. The number of carbonyl (C=O) groups is 1. The maximum atomic E-state index is 10.6. The molecule has 88 valence electrons. The Labute approximate surface area is 107 Å². The Morgan fingerprint density at radius 3 is 2.82 bits per heavy atom. The first-order chi connectivity index (χ1) is 8.08. The van der Waals surface area contributed by atoms with Crippen molar-refractivity contribution in [2.75, 3.05) is 0 Å². The van der Waals surface area contributed by atoms with Crippen molar-refractivity contribution < 1.29 is 9.90 Å². The number of carboxylic acid groups (broad SMARTS) is 1. The molecule has 2 aromatic rings.